The van der Waals surface area contributed by atoms with Gasteiger partial charge in [0.2, 0.25) is 0 Å². The van der Waals surface area contributed by atoms with Gasteiger partial charge in [-0.2, -0.15) is 0 Å². The molecule has 0 bridgehead atoms. The second-order valence-electron chi connectivity index (χ2n) is 5.22. The fraction of sp³-hybridized carbons (Fsp3) is 0.467. The van der Waals surface area contributed by atoms with E-state index >= 15 is 0 Å². The molecule has 0 saturated heterocycles. The van der Waals surface area contributed by atoms with Crippen LogP contribution in [0.15, 0.2) is 24.4 Å². The third-order valence-electron chi connectivity index (χ3n) is 3.39. The van der Waals surface area contributed by atoms with E-state index in [4.69, 9.17) is 4.98 Å². The quantitative estimate of drug-likeness (QED) is 0.867. The third-order valence-corrected chi connectivity index (χ3v) is 3.39. The zero-order valence-corrected chi connectivity index (χ0v) is 12.1. The Morgan fingerprint density at radius 2 is 2.11 bits per heavy atom. The van der Waals surface area contributed by atoms with Crippen LogP contribution < -0.4 is 5.32 Å². The molecular weight excluding hydrogens is 236 g/mol. The largest absolute Gasteiger partial charge is 0.345 e. The summed E-state index contributed by atoms with van der Waals surface area (Å²) in [6, 6.07) is 5.91. The van der Waals surface area contributed by atoms with Gasteiger partial charge < -0.3 is 10.3 Å². The van der Waals surface area contributed by atoms with Crippen molar-refractivity contribution in [2.45, 2.75) is 26.7 Å². The molecular formula is C15H22N4. The van der Waals surface area contributed by atoms with Crippen LogP contribution in [0.4, 0.5) is 0 Å². The first kappa shape index (κ1) is 13.7. The monoisotopic (exact) mass is 258 g/mol. The van der Waals surface area contributed by atoms with Crippen molar-refractivity contribution in [2.24, 2.45) is 5.92 Å². The Balaban J connectivity index is 2.35. The first-order valence-corrected chi connectivity index (χ1v) is 6.76. The SMILES string of the molecule is CNCC(c1nc(-c2ccccn2)c(C)[nH]1)C(C)C. The maximum absolute atomic E-state index is 4.76. The average Bonchev–Trinajstić information content (AvgIpc) is 2.78. The van der Waals surface area contributed by atoms with Crippen LogP contribution in [-0.2, 0) is 0 Å². The topological polar surface area (TPSA) is 53.6 Å². The van der Waals surface area contributed by atoms with Crippen LogP contribution in [0.2, 0.25) is 0 Å². The molecule has 102 valence electrons. The zero-order chi connectivity index (χ0) is 13.8. The van der Waals surface area contributed by atoms with E-state index in [0.29, 0.717) is 11.8 Å². The molecule has 2 rings (SSSR count). The van der Waals surface area contributed by atoms with Gasteiger partial charge in [-0.3, -0.25) is 4.98 Å². The van der Waals surface area contributed by atoms with Gasteiger partial charge in [0.25, 0.3) is 0 Å². The molecule has 1 atom stereocenters. The number of likely N-dealkylation sites (N-methyl/N-ethyl adjacent to an activating group) is 1. The molecule has 2 aromatic heterocycles. The summed E-state index contributed by atoms with van der Waals surface area (Å²) in [6.07, 6.45) is 1.80. The second kappa shape index (κ2) is 5.97. The van der Waals surface area contributed by atoms with Gasteiger partial charge in [0.05, 0.1) is 5.69 Å². The van der Waals surface area contributed by atoms with Crippen molar-refractivity contribution < 1.29 is 0 Å². The van der Waals surface area contributed by atoms with Crippen LogP contribution in [0, 0.1) is 12.8 Å². The summed E-state index contributed by atoms with van der Waals surface area (Å²) in [5.74, 6) is 1.97. The Morgan fingerprint density at radius 3 is 2.68 bits per heavy atom. The summed E-state index contributed by atoms with van der Waals surface area (Å²) in [5.41, 5.74) is 2.96. The molecule has 2 heterocycles. The van der Waals surface area contributed by atoms with E-state index in [1.54, 1.807) is 6.20 Å². The molecule has 0 saturated carbocycles. The maximum atomic E-state index is 4.76. The predicted octanol–water partition coefficient (Wildman–Crippen LogP) is 2.74. The first-order valence-electron chi connectivity index (χ1n) is 6.76. The number of rotatable bonds is 5. The fourth-order valence-corrected chi connectivity index (χ4v) is 2.28. The molecule has 19 heavy (non-hydrogen) atoms. The molecule has 0 fully saturated rings. The van der Waals surface area contributed by atoms with E-state index in [0.717, 1.165) is 29.5 Å². The van der Waals surface area contributed by atoms with E-state index < -0.39 is 0 Å². The van der Waals surface area contributed by atoms with Crippen LogP contribution in [0.5, 0.6) is 0 Å². The number of nitrogens with zero attached hydrogens (tertiary/aromatic N) is 2. The zero-order valence-electron chi connectivity index (χ0n) is 12.1. The highest BCUT2D eigenvalue weighted by molar-refractivity contribution is 5.57. The molecule has 0 aliphatic heterocycles. The normalized spacial score (nSPS) is 12.9. The maximum Gasteiger partial charge on any atom is 0.111 e. The molecule has 1 unspecified atom stereocenters. The van der Waals surface area contributed by atoms with Gasteiger partial charge in [0.1, 0.15) is 11.5 Å². The molecule has 0 aliphatic rings. The Bertz CT molecular complexity index is 516. The third kappa shape index (κ3) is 3.01. The lowest BCUT2D eigenvalue weighted by Crippen LogP contribution is -2.22. The van der Waals surface area contributed by atoms with E-state index in [2.05, 4.69) is 36.1 Å². The molecule has 0 radical (unpaired) electrons. The lowest BCUT2D eigenvalue weighted by molar-refractivity contribution is 0.461. The van der Waals surface area contributed by atoms with E-state index in [-0.39, 0.29) is 0 Å². The second-order valence-corrected chi connectivity index (χ2v) is 5.22. The number of hydrogen-bond acceptors (Lipinski definition) is 3. The number of aromatic nitrogens is 3. The van der Waals surface area contributed by atoms with Crippen molar-refractivity contribution in [2.75, 3.05) is 13.6 Å². The van der Waals surface area contributed by atoms with E-state index in [1.165, 1.54) is 0 Å². The van der Waals surface area contributed by atoms with Crippen molar-refractivity contribution >= 4 is 0 Å². The van der Waals surface area contributed by atoms with Gasteiger partial charge in [-0.25, -0.2) is 4.98 Å². The van der Waals surface area contributed by atoms with Gasteiger partial charge in [-0.05, 0) is 32.0 Å². The predicted molar refractivity (Wildman–Crippen MR) is 78.1 cm³/mol. The number of aromatic amines is 1. The van der Waals surface area contributed by atoms with Crippen molar-refractivity contribution in [3.05, 3.63) is 35.9 Å². The fourth-order valence-electron chi connectivity index (χ4n) is 2.28. The number of hydrogen-bond donors (Lipinski definition) is 2. The van der Waals surface area contributed by atoms with Crippen LogP contribution in [0.25, 0.3) is 11.4 Å². The minimum Gasteiger partial charge on any atom is -0.345 e. The summed E-state index contributed by atoms with van der Waals surface area (Å²) in [6.45, 7) is 7.42. The Labute approximate surface area is 114 Å². The van der Waals surface area contributed by atoms with E-state index in [9.17, 15) is 0 Å². The molecule has 2 aromatic rings. The van der Waals surface area contributed by atoms with Crippen LogP contribution >= 0.6 is 0 Å². The summed E-state index contributed by atoms with van der Waals surface area (Å²) < 4.78 is 0. The van der Waals surface area contributed by atoms with E-state index in [1.807, 2.05) is 25.2 Å². The van der Waals surface area contributed by atoms with Gasteiger partial charge in [0, 0.05) is 24.4 Å². The molecule has 2 N–H and O–H groups in total. The van der Waals surface area contributed by atoms with Crippen LogP contribution in [-0.4, -0.2) is 28.5 Å². The number of H-pyrrole nitrogens is 1. The Morgan fingerprint density at radius 1 is 1.32 bits per heavy atom. The van der Waals surface area contributed by atoms with Gasteiger partial charge >= 0.3 is 0 Å². The van der Waals surface area contributed by atoms with Crippen molar-refractivity contribution in [1.29, 1.82) is 0 Å². The minimum atomic E-state index is 0.390. The molecule has 4 heteroatoms. The highest BCUT2D eigenvalue weighted by Gasteiger charge is 2.20. The smallest absolute Gasteiger partial charge is 0.111 e. The highest BCUT2D eigenvalue weighted by atomic mass is 15.0. The summed E-state index contributed by atoms with van der Waals surface area (Å²) in [7, 11) is 1.98. The molecule has 0 aliphatic carbocycles. The lowest BCUT2D eigenvalue weighted by Gasteiger charge is -2.17. The lowest BCUT2D eigenvalue weighted by atomic mass is 9.95. The first-order chi connectivity index (χ1) is 9.13. The van der Waals surface area contributed by atoms with Crippen molar-refractivity contribution in [1.82, 2.24) is 20.3 Å². The summed E-state index contributed by atoms with van der Waals surface area (Å²) in [4.78, 5) is 12.6. The van der Waals surface area contributed by atoms with Crippen LogP contribution in [0.1, 0.15) is 31.3 Å². The number of aryl methyl sites for hydroxylation is 1. The molecule has 0 spiro atoms. The summed E-state index contributed by atoms with van der Waals surface area (Å²) >= 11 is 0. The average molecular weight is 258 g/mol. The van der Waals surface area contributed by atoms with Crippen LogP contribution in [0.3, 0.4) is 0 Å². The van der Waals surface area contributed by atoms with Gasteiger partial charge in [0.15, 0.2) is 0 Å². The highest BCUT2D eigenvalue weighted by Crippen LogP contribution is 2.26. The Hall–Kier alpha value is -1.68. The molecule has 0 amide bonds. The molecule has 4 nitrogen and oxygen atoms in total. The standard InChI is InChI=1S/C15H22N4/c1-10(2)12(9-16-4)15-18-11(3)14(19-15)13-7-5-6-8-17-13/h5-8,10,12,16H,9H2,1-4H3,(H,18,19). The minimum absolute atomic E-state index is 0.390. The summed E-state index contributed by atoms with van der Waals surface area (Å²) in [5, 5.41) is 3.24. The van der Waals surface area contributed by atoms with Crippen molar-refractivity contribution in [3.8, 4) is 11.4 Å². The Kier molecular flexibility index (Phi) is 4.32. The number of pyridine rings is 1. The van der Waals surface area contributed by atoms with Gasteiger partial charge in [-0.15, -0.1) is 0 Å². The number of nitrogens with one attached hydrogen (secondary N) is 2. The van der Waals surface area contributed by atoms with Crippen molar-refractivity contribution in [3.63, 3.8) is 0 Å². The number of imidazole rings is 1. The van der Waals surface area contributed by atoms with Gasteiger partial charge in [-0.1, -0.05) is 19.9 Å². The molecule has 0 aromatic carbocycles.